The fraction of sp³-hybridized carbons (Fsp3) is 0.133. The molecule has 2 rings (SSSR count). The van der Waals surface area contributed by atoms with Crippen LogP contribution in [0.25, 0.3) is 0 Å². The summed E-state index contributed by atoms with van der Waals surface area (Å²) in [5, 5.41) is 12.2. The highest BCUT2D eigenvalue weighted by atomic mass is 19.1. The first-order valence-corrected chi connectivity index (χ1v) is 6.19. The molecule has 0 saturated heterocycles. The molecule has 0 spiro atoms. The van der Waals surface area contributed by atoms with Gasteiger partial charge in [-0.15, -0.1) is 0 Å². The third-order valence-electron chi connectivity index (χ3n) is 3.05. The lowest BCUT2D eigenvalue weighted by Crippen LogP contribution is -2.13. The molecule has 0 unspecified atom stereocenters. The molecule has 0 heterocycles. The standard InChI is InChI=1S/C15H14F2N2O2/c1-8-13(17)4-10(15(18)21)5-14(8)19-7-9-2-11(16)6-12(20)3-9/h2-6,19-20H,7H2,1H3,(H2,18,21). The van der Waals surface area contributed by atoms with E-state index in [0.717, 1.165) is 12.1 Å². The fourth-order valence-corrected chi connectivity index (χ4v) is 1.94. The highest BCUT2D eigenvalue weighted by Crippen LogP contribution is 2.22. The molecule has 110 valence electrons. The van der Waals surface area contributed by atoms with Crippen LogP contribution in [0, 0.1) is 18.6 Å². The first kappa shape index (κ1) is 14.8. The Bertz CT molecular complexity index is 682. The van der Waals surface area contributed by atoms with Gasteiger partial charge >= 0.3 is 0 Å². The summed E-state index contributed by atoms with van der Waals surface area (Å²) >= 11 is 0. The predicted molar refractivity (Wildman–Crippen MR) is 75.0 cm³/mol. The van der Waals surface area contributed by atoms with Crippen molar-refractivity contribution in [2.75, 3.05) is 5.32 Å². The van der Waals surface area contributed by atoms with Crippen LogP contribution in [0.3, 0.4) is 0 Å². The topological polar surface area (TPSA) is 75.4 Å². The number of phenolic OH excluding ortho intramolecular Hbond substituents is 1. The van der Waals surface area contributed by atoms with Crippen molar-refractivity contribution in [2.45, 2.75) is 13.5 Å². The van der Waals surface area contributed by atoms with Crippen molar-refractivity contribution in [2.24, 2.45) is 5.73 Å². The number of carbonyl (C=O) groups excluding carboxylic acids is 1. The van der Waals surface area contributed by atoms with Crippen molar-refractivity contribution in [1.29, 1.82) is 0 Å². The van der Waals surface area contributed by atoms with E-state index in [4.69, 9.17) is 5.73 Å². The van der Waals surface area contributed by atoms with Crippen LogP contribution in [-0.4, -0.2) is 11.0 Å². The lowest BCUT2D eigenvalue weighted by Gasteiger charge is -2.12. The second-order valence-electron chi connectivity index (χ2n) is 4.67. The van der Waals surface area contributed by atoms with Crippen LogP contribution in [0.4, 0.5) is 14.5 Å². The highest BCUT2D eigenvalue weighted by Gasteiger charge is 2.10. The number of primary amides is 1. The van der Waals surface area contributed by atoms with Crippen LogP contribution in [0.1, 0.15) is 21.5 Å². The maximum Gasteiger partial charge on any atom is 0.248 e. The van der Waals surface area contributed by atoms with Crippen molar-refractivity contribution in [3.05, 3.63) is 58.7 Å². The van der Waals surface area contributed by atoms with Gasteiger partial charge in [-0.2, -0.15) is 0 Å². The van der Waals surface area contributed by atoms with Gasteiger partial charge in [-0.3, -0.25) is 4.79 Å². The molecule has 0 aliphatic rings. The lowest BCUT2D eigenvalue weighted by molar-refractivity contribution is 0.1000. The number of rotatable bonds is 4. The van der Waals surface area contributed by atoms with Crippen molar-refractivity contribution in [3.63, 3.8) is 0 Å². The first-order valence-electron chi connectivity index (χ1n) is 6.19. The second-order valence-corrected chi connectivity index (χ2v) is 4.67. The molecule has 6 heteroatoms. The summed E-state index contributed by atoms with van der Waals surface area (Å²) in [6.45, 7) is 1.71. The summed E-state index contributed by atoms with van der Waals surface area (Å²) in [5.74, 6) is -2.06. The molecule has 0 bridgehead atoms. The number of halogens is 2. The minimum atomic E-state index is -0.736. The van der Waals surface area contributed by atoms with Gasteiger partial charge in [0.25, 0.3) is 0 Å². The average molecular weight is 292 g/mol. The van der Waals surface area contributed by atoms with E-state index in [0.29, 0.717) is 16.8 Å². The number of nitrogens with one attached hydrogen (secondary N) is 1. The van der Waals surface area contributed by atoms with Crippen molar-refractivity contribution in [3.8, 4) is 5.75 Å². The summed E-state index contributed by atoms with van der Waals surface area (Å²) in [7, 11) is 0. The van der Waals surface area contributed by atoms with Crippen molar-refractivity contribution in [1.82, 2.24) is 0 Å². The van der Waals surface area contributed by atoms with Gasteiger partial charge in [-0.1, -0.05) is 0 Å². The van der Waals surface area contributed by atoms with Gasteiger partial charge in [0.2, 0.25) is 5.91 Å². The summed E-state index contributed by atoms with van der Waals surface area (Å²) < 4.78 is 26.9. The van der Waals surface area contributed by atoms with Crippen LogP contribution < -0.4 is 11.1 Å². The van der Waals surface area contributed by atoms with E-state index in [2.05, 4.69) is 5.32 Å². The Balaban J connectivity index is 2.25. The molecular weight excluding hydrogens is 278 g/mol. The molecule has 0 radical (unpaired) electrons. The zero-order valence-electron chi connectivity index (χ0n) is 11.3. The van der Waals surface area contributed by atoms with E-state index < -0.39 is 17.5 Å². The SMILES string of the molecule is Cc1c(F)cc(C(N)=O)cc1NCc1cc(O)cc(F)c1. The van der Waals surface area contributed by atoms with Gasteiger partial charge < -0.3 is 16.2 Å². The number of benzene rings is 2. The van der Waals surface area contributed by atoms with Crippen LogP contribution in [0.15, 0.2) is 30.3 Å². The van der Waals surface area contributed by atoms with E-state index in [1.54, 1.807) is 6.92 Å². The van der Waals surface area contributed by atoms with E-state index in [1.807, 2.05) is 0 Å². The molecule has 4 N–H and O–H groups in total. The monoisotopic (exact) mass is 292 g/mol. The van der Waals surface area contributed by atoms with Crippen LogP contribution in [0.2, 0.25) is 0 Å². The second kappa shape index (κ2) is 5.78. The Hall–Kier alpha value is -2.63. The van der Waals surface area contributed by atoms with Gasteiger partial charge in [0, 0.05) is 29.4 Å². The maximum atomic E-state index is 13.7. The smallest absolute Gasteiger partial charge is 0.248 e. The molecule has 0 aliphatic heterocycles. The number of phenols is 1. The van der Waals surface area contributed by atoms with E-state index in [9.17, 15) is 18.7 Å². The number of amides is 1. The molecule has 0 saturated carbocycles. The van der Waals surface area contributed by atoms with Crippen LogP contribution in [-0.2, 0) is 6.54 Å². The Kier molecular flexibility index (Phi) is 4.07. The highest BCUT2D eigenvalue weighted by molar-refractivity contribution is 5.94. The number of aromatic hydroxyl groups is 1. The number of nitrogens with two attached hydrogens (primary N) is 1. The van der Waals surface area contributed by atoms with Crippen LogP contribution in [0.5, 0.6) is 5.75 Å². The molecule has 0 fully saturated rings. The minimum Gasteiger partial charge on any atom is -0.508 e. The fourth-order valence-electron chi connectivity index (χ4n) is 1.94. The van der Waals surface area contributed by atoms with Gasteiger partial charge in [0.15, 0.2) is 0 Å². The molecule has 4 nitrogen and oxygen atoms in total. The molecule has 0 aromatic heterocycles. The Morgan fingerprint density at radius 2 is 1.95 bits per heavy atom. The van der Waals surface area contributed by atoms with Crippen molar-refractivity contribution >= 4 is 11.6 Å². The normalized spacial score (nSPS) is 10.4. The maximum absolute atomic E-state index is 13.7. The molecule has 0 aliphatic carbocycles. The van der Waals surface area contributed by atoms with Gasteiger partial charge in [0.1, 0.15) is 17.4 Å². The van der Waals surface area contributed by atoms with E-state index >= 15 is 0 Å². The summed E-state index contributed by atoms with van der Waals surface area (Å²) in [6.07, 6.45) is 0. The molecule has 0 atom stereocenters. The lowest BCUT2D eigenvalue weighted by atomic mass is 10.1. The van der Waals surface area contributed by atoms with E-state index in [-0.39, 0.29) is 17.9 Å². The molecule has 2 aromatic rings. The average Bonchev–Trinajstić information content (AvgIpc) is 2.39. The van der Waals surface area contributed by atoms with Gasteiger partial charge in [-0.25, -0.2) is 8.78 Å². The number of anilines is 1. The zero-order valence-corrected chi connectivity index (χ0v) is 11.3. The van der Waals surface area contributed by atoms with Crippen molar-refractivity contribution < 1.29 is 18.7 Å². The number of carbonyl (C=O) groups is 1. The third-order valence-corrected chi connectivity index (χ3v) is 3.05. The Morgan fingerprint density at radius 3 is 2.57 bits per heavy atom. The van der Waals surface area contributed by atoms with Gasteiger partial charge in [0.05, 0.1) is 0 Å². The minimum absolute atomic E-state index is 0.0442. The summed E-state index contributed by atoms with van der Waals surface area (Å²) in [6, 6.07) is 6.12. The largest absolute Gasteiger partial charge is 0.508 e. The summed E-state index contributed by atoms with van der Waals surface area (Å²) in [5.41, 5.74) is 6.36. The molecule has 21 heavy (non-hydrogen) atoms. The first-order chi connectivity index (χ1) is 9.86. The quantitative estimate of drug-likeness (QED) is 0.811. The Labute approximate surface area is 120 Å². The molecule has 1 amide bonds. The summed E-state index contributed by atoms with van der Waals surface area (Å²) in [4.78, 5) is 11.1. The molecule has 2 aromatic carbocycles. The third kappa shape index (κ3) is 3.47. The van der Waals surface area contributed by atoms with Gasteiger partial charge in [-0.05, 0) is 36.8 Å². The molecular formula is C15H14F2N2O2. The predicted octanol–water partition coefficient (Wildman–Crippen LogP) is 2.69. The zero-order chi connectivity index (χ0) is 15.6. The van der Waals surface area contributed by atoms with Crippen LogP contribution >= 0.6 is 0 Å². The number of hydrogen-bond acceptors (Lipinski definition) is 3. The van der Waals surface area contributed by atoms with E-state index in [1.165, 1.54) is 18.2 Å². The Morgan fingerprint density at radius 1 is 1.24 bits per heavy atom. The number of hydrogen-bond donors (Lipinski definition) is 3.